The van der Waals surface area contributed by atoms with E-state index in [1.807, 2.05) is 26.8 Å². The van der Waals surface area contributed by atoms with Gasteiger partial charge in [0.15, 0.2) is 0 Å². The van der Waals surface area contributed by atoms with E-state index in [1.165, 1.54) is 37.8 Å². The van der Waals surface area contributed by atoms with Crippen LogP contribution in [-0.2, 0) is 11.2 Å². The van der Waals surface area contributed by atoms with Crippen LogP contribution >= 0.6 is 0 Å². The molecule has 7 rings (SSSR count). The van der Waals surface area contributed by atoms with Crippen molar-refractivity contribution in [2.75, 3.05) is 19.6 Å². The Kier molecular flexibility index (Phi) is 5.63. The molecule has 3 fully saturated rings. The summed E-state index contributed by atoms with van der Waals surface area (Å²) in [5.41, 5.74) is 5.74. The number of benzene rings is 1. The van der Waals surface area contributed by atoms with Gasteiger partial charge in [0.05, 0.1) is 23.4 Å². The van der Waals surface area contributed by atoms with Gasteiger partial charge in [-0.3, -0.25) is 9.69 Å². The van der Waals surface area contributed by atoms with Gasteiger partial charge in [0.1, 0.15) is 16.9 Å². The quantitative estimate of drug-likeness (QED) is 0.322. The van der Waals surface area contributed by atoms with Gasteiger partial charge in [0.2, 0.25) is 5.91 Å². The van der Waals surface area contributed by atoms with Crippen LogP contribution in [0.5, 0.6) is 0 Å². The number of furan rings is 1. The Hall–Kier alpha value is -2.86. The van der Waals surface area contributed by atoms with Crippen molar-refractivity contribution in [2.24, 2.45) is 11.8 Å². The Morgan fingerprint density at radius 3 is 2.71 bits per heavy atom. The molecule has 5 heterocycles. The first-order chi connectivity index (χ1) is 18.3. The van der Waals surface area contributed by atoms with E-state index in [-0.39, 0.29) is 18.4 Å². The molecule has 0 spiro atoms. The predicted octanol–water partition coefficient (Wildman–Crippen LogP) is 5.74. The molecule has 0 radical (unpaired) electrons. The van der Waals surface area contributed by atoms with Gasteiger partial charge in [-0.1, -0.05) is 18.1 Å². The molecule has 3 aliphatic heterocycles. The molecule has 4 aliphatic rings. The summed E-state index contributed by atoms with van der Waals surface area (Å²) in [6.45, 7) is 11.0. The maximum absolute atomic E-state index is 14.0. The molecule has 3 aromatic rings. The maximum Gasteiger partial charge on any atom is 0.340 e. The Labute approximate surface area is 223 Å². The van der Waals surface area contributed by atoms with E-state index < -0.39 is 5.63 Å². The zero-order valence-electron chi connectivity index (χ0n) is 23.1. The van der Waals surface area contributed by atoms with Gasteiger partial charge in [-0.15, -0.1) is 0 Å². The zero-order valence-corrected chi connectivity index (χ0v) is 23.1. The summed E-state index contributed by atoms with van der Waals surface area (Å²) in [5, 5.41) is 1.88. The Morgan fingerprint density at radius 2 is 1.87 bits per heavy atom. The normalized spacial score (nSPS) is 27.4. The van der Waals surface area contributed by atoms with Crippen molar-refractivity contribution in [1.82, 2.24) is 9.80 Å². The summed E-state index contributed by atoms with van der Waals surface area (Å²) in [4.78, 5) is 32.0. The number of hydrogen-bond donors (Lipinski definition) is 0. The van der Waals surface area contributed by atoms with Gasteiger partial charge in [-0.05, 0) is 101 Å². The molecule has 1 amide bonds. The summed E-state index contributed by atoms with van der Waals surface area (Å²) in [7, 11) is 0. The molecule has 3 saturated heterocycles. The fraction of sp³-hybridized carbons (Fsp3) is 0.562. The number of fused-ring (bicyclic) bond motifs is 9. The summed E-state index contributed by atoms with van der Waals surface area (Å²) < 4.78 is 12.0. The molecule has 2 aromatic heterocycles. The topological polar surface area (TPSA) is 66.9 Å². The van der Waals surface area contributed by atoms with Crippen LogP contribution in [0.2, 0.25) is 0 Å². The third-order valence-corrected chi connectivity index (χ3v) is 10.2. The number of hydrogen-bond acceptors (Lipinski definition) is 5. The standard InChI is InChI=1S/C32H38N2O4/c1-17-12-26-29(31-28(17)18(2)20(4)37-31)19(3)24(32(36)38-26)15-27(35)34-11-7-8-21-13-22-14-23(30(21)34)16-33-10-6-5-9-25(22)33/h12-13,22-23,25,30H,5-11,14-16H2,1-4H3/t22-,23-,25-,30-/m1/s1. The number of piperidine rings is 3. The van der Waals surface area contributed by atoms with Gasteiger partial charge in [-0.2, -0.15) is 0 Å². The second kappa shape index (κ2) is 8.84. The maximum atomic E-state index is 14.0. The fourth-order valence-corrected chi connectivity index (χ4v) is 8.34. The Morgan fingerprint density at radius 1 is 1.03 bits per heavy atom. The lowest BCUT2D eigenvalue weighted by Gasteiger charge is -2.54. The van der Waals surface area contributed by atoms with Crippen molar-refractivity contribution in [3.8, 4) is 0 Å². The van der Waals surface area contributed by atoms with E-state index >= 15 is 0 Å². The van der Waals surface area contributed by atoms with E-state index in [4.69, 9.17) is 8.83 Å². The monoisotopic (exact) mass is 514 g/mol. The van der Waals surface area contributed by atoms with Crippen LogP contribution in [-0.4, -0.2) is 47.4 Å². The van der Waals surface area contributed by atoms with Crippen LogP contribution < -0.4 is 5.63 Å². The van der Waals surface area contributed by atoms with E-state index in [2.05, 4.69) is 22.8 Å². The first-order valence-electron chi connectivity index (χ1n) is 14.5. The number of carbonyl (C=O) groups excluding carboxylic acids is 1. The van der Waals surface area contributed by atoms with Crippen molar-refractivity contribution in [1.29, 1.82) is 0 Å². The van der Waals surface area contributed by atoms with Gasteiger partial charge >= 0.3 is 5.63 Å². The molecule has 2 bridgehead atoms. The molecule has 6 heteroatoms. The number of nitrogens with zero attached hydrogens (tertiary/aromatic N) is 2. The van der Waals surface area contributed by atoms with Crippen molar-refractivity contribution in [2.45, 2.75) is 84.7 Å². The third-order valence-electron chi connectivity index (χ3n) is 10.2. The van der Waals surface area contributed by atoms with E-state index in [0.29, 0.717) is 29.0 Å². The summed E-state index contributed by atoms with van der Waals surface area (Å²) in [5.74, 6) is 2.04. The smallest absolute Gasteiger partial charge is 0.340 e. The molecular formula is C32H38N2O4. The minimum Gasteiger partial charge on any atom is -0.460 e. The predicted molar refractivity (Wildman–Crippen MR) is 149 cm³/mol. The van der Waals surface area contributed by atoms with Crippen LogP contribution in [0.4, 0.5) is 0 Å². The van der Waals surface area contributed by atoms with Crippen LogP contribution in [0.15, 0.2) is 31.3 Å². The number of carbonyl (C=O) groups is 1. The molecule has 1 aromatic carbocycles. The number of likely N-dealkylation sites (tertiary alicyclic amines) is 1. The van der Waals surface area contributed by atoms with E-state index in [1.54, 1.807) is 0 Å². The number of aryl methyl sites for hydroxylation is 4. The summed E-state index contributed by atoms with van der Waals surface area (Å²) in [6.07, 6.45) is 9.84. The van der Waals surface area contributed by atoms with Gasteiger partial charge in [0.25, 0.3) is 0 Å². The minimum atomic E-state index is -0.410. The van der Waals surface area contributed by atoms with Gasteiger partial charge in [-0.25, -0.2) is 4.79 Å². The second-order valence-electron chi connectivity index (χ2n) is 12.3. The fourth-order valence-electron chi connectivity index (χ4n) is 8.34. The van der Waals surface area contributed by atoms with Crippen LogP contribution in [0.1, 0.15) is 66.5 Å². The van der Waals surface area contributed by atoms with Crippen LogP contribution in [0.25, 0.3) is 21.9 Å². The highest BCUT2D eigenvalue weighted by Crippen LogP contribution is 2.45. The number of amides is 1. The first kappa shape index (κ1) is 24.2. The van der Waals surface area contributed by atoms with Gasteiger partial charge in [0, 0.05) is 24.5 Å². The first-order valence-corrected chi connectivity index (χ1v) is 14.5. The molecule has 0 N–H and O–H groups in total. The third kappa shape index (κ3) is 3.55. The molecule has 0 unspecified atom stereocenters. The lowest BCUT2D eigenvalue weighted by Crippen LogP contribution is -2.60. The molecule has 0 saturated carbocycles. The van der Waals surface area contributed by atoms with Crippen molar-refractivity contribution >= 4 is 27.8 Å². The van der Waals surface area contributed by atoms with E-state index in [9.17, 15) is 9.59 Å². The largest absolute Gasteiger partial charge is 0.460 e. The van der Waals surface area contributed by atoms with Crippen LogP contribution in [0.3, 0.4) is 0 Å². The zero-order chi connectivity index (χ0) is 26.3. The Bertz CT molecular complexity index is 1560. The molecule has 6 nitrogen and oxygen atoms in total. The Balaban J connectivity index is 1.25. The average Bonchev–Trinajstić information content (AvgIpc) is 3.20. The van der Waals surface area contributed by atoms with Crippen molar-refractivity contribution < 1.29 is 13.6 Å². The second-order valence-corrected chi connectivity index (χ2v) is 12.3. The highest BCUT2D eigenvalue weighted by molar-refractivity contribution is 6.07. The average molecular weight is 515 g/mol. The SMILES string of the molecule is Cc1oc2c(c(C)cc3oc(=O)c(CC(=O)N4CCCC5=C[C@@H]6C[C@H](CN7CCCC[C@H]67)[C@@H]54)c(C)c32)c1C. The molecular weight excluding hydrogens is 476 g/mol. The number of rotatable bonds is 2. The lowest BCUT2D eigenvalue weighted by molar-refractivity contribution is -0.135. The van der Waals surface area contributed by atoms with Crippen molar-refractivity contribution in [3.63, 3.8) is 0 Å². The molecule has 4 atom stereocenters. The summed E-state index contributed by atoms with van der Waals surface area (Å²) in [6, 6.07) is 2.79. The van der Waals surface area contributed by atoms with Crippen molar-refractivity contribution in [3.05, 3.63) is 56.1 Å². The van der Waals surface area contributed by atoms with E-state index in [0.717, 1.165) is 64.7 Å². The molecule has 1 aliphatic carbocycles. The molecule has 200 valence electrons. The summed E-state index contributed by atoms with van der Waals surface area (Å²) >= 11 is 0. The minimum absolute atomic E-state index is 0.0460. The molecule has 38 heavy (non-hydrogen) atoms. The van der Waals surface area contributed by atoms with Gasteiger partial charge < -0.3 is 13.7 Å². The lowest BCUT2D eigenvalue weighted by atomic mass is 9.68. The highest BCUT2D eigenvalue weighted by atomic mass is 16.4. The van der Waals surface area contributed by atoms with Crippen LogP contribution in [0, 0.1) is 39.5 Å². The highest BCUT2D eigenvalue weighted by Gasteiger charge is 2.47.